The molecule has 1 aliphatic rings. The third kappa shape index (κ3) is 4.09. The summed E-state index contributed by atoms with van der Waals surface area (Å²) in [7, 11) is 0. The second kappa shape index (κ2) is 7.09. The molecule has 2 rings (SSSR count). The van der Waals surface area contributed by atoms with E-state index in [9.17, 15) is 4.79 Å². The van der Waals surface area contributed by atoms with Crippen molar-refractivity contribution in [2.75, 3.05) is 19.8 Å². The number of hydrogen-bond acceptors (Lipinski definition) is 3. The van der Waals surface area contributed by atoms with Crippen LogP contribution in [0.4, 0.5) is 4.79 Å². The molecule has 1 heterocycles. The molecular formula is C14H22N4O2. The normalized spacial score (nSPS) is 17.4. The number of aromatic amines is 1. The first-order chi connectivity index (χ1) is 9.66. The quantitative estimate of drug-likeness (QED) is 0.547. The van der Waals surface area contributed by atoms with E-state index in [0.29, 0.717) is 19.8 Å². The Bertz CT molecular complexity index is 469. The van der Waals surface area contributed by atoms with Crippen LogP contribution in [0.1, 0.15) is 37.1 Å². The molecule has 0 aliphatic heterocycles. The Morgan fingerprint density at radius 1 is 1.65 bits per heavy atom. The number of ether oxygens (including phenoxy) is 1. The fraction of sp³-hybridized carbons (Fsp3) is 0.571. The van der Waals surface area contributed by atoms with Crippen molar-refractivity contribution in [1.82, 2.24) is 20.8 Å². The Hall–Kier alpha value is -1.82. The van der Waals surface area contributed by atoms with E-state index in [4.69, 9.17) is 4.74 Å². The van der Waals surface area contributed by atoms with Crippen molar-refractivity contribution in [3.63, 3.8) is 0 Å². The monoisotopic (exact) mass is 278 g/mol. The summed E-state index contributed by atoms with van der Waals surface area (Å²) < 4.78 is 5.32. The summed E-state index contributed by atoms with van der Waals surface area (Å²) in [5.41, 5.74) is 3.21. The molecule has 6 heteroatoms. The zero-order chi connectivity index (χ0) is 14.4. The minimum atomic E-state index is -0.170. The van der Waals surface area contributed by atoms with Crippen molar-refractivity contribution in [3.05, 3.63) is 29.6 Å². The van der Waals surface area contributed by atoms with Crippen molar-refractivity contribution >= 4 is 6.03 Å². The lowest BCUT2D eigenvalue weighted by Gasteiger charge is -2.23. The van der Waals surface area contributed by atoms with E-state index in [-0.39, 0.29) is 12.1 Å². The van der Waals surface area contributed by atoms with Gasteiger partial charge in [-0.15, -0.1) is 0 Å². The highest BCUT2D eigenvalue weighted by atomic mass is 16.5. The zero-order valence-corrected chi connectivity index (χ0v) is 11.9. The molecule has 1 unspecified atom stereocenters. The van der Waals surface area contributed by atoms with Crippen molar-refractivity contribution in [3.8, 4) is 0 Å². The summed E-state index contributed by atoms with van der Waals surface area (Å²) in [6.07, 6.45) is 4.88. The van der Waals surface area contributed by atoms with Crippen LogP contribution in [0.3, 0.4) is 0 Å². The summed E-state index contributed by atoms with van der Waals surface area (Å²) in [5.74, 6) is 0. The summed E-state index contributed by atoms with van der Waals surface area (Å²) in [6, 6.07) is -0.144. The lowest BCUT2D eigenvalue weighted by atomic mass is 9.94. The number of aromatic nitrogens is 2. The number of carbonyl (C=O) groups excluding carboxylic acids is 1. The molecule has 20 heavy (non-hydrogen) atoms. The standard InChI is InChI=1S/C14H22N4O2/c1-10(2)9-20-7-6-15-14(19)17-12-5-3-4-11-8-16-18-13(11)12/h8,12H,1,3-7,9H2,2H3,(H,16,18)(H2,15,17,19). The molecule has 0 fully saturated rings. The molecule has 110 valence electrons. The predicted octanol–water partition coefficient (Wildman–Crippen LogP) is 1.68. The molecule has 1 aromatic rings. The van der Waals surface area contributed by atoms with Crippen LogP contribution in [-0.2, 0) is 11.2 Å². The van der Waals surface area contributed by atoms with E-state index in [1.54, 1.807) is 0 Å². The van der Waals surface area contributed by atoms with Gasteiger partial charge in [0.15, 0.2) is 0 Å². The lowest BCUT2D eigenvalue weighted by Crippen LogP contribution is -2.40. The van der Waals surface area contributed by atoms with Crippen LogP contribution >= 0.6 is 0 Å². The predicted molar refractivity (Wildman–Crippen MR) is 76.4 cm³/mol. The van der Waals surface area contributed by atoms with Crippen molar-refractivity contribution in [1.29, 1.82) is 0 Å². The van der Waals surface area contributed by atoms with Gasteiger partial charge in [-0.05, 0) is 31.7 Å². The number of nitrogens with one attached hydrogen (secondary N) is 3. The summed E-state index contributed by atoms with van der Waals surface area (Å²) >= 11 is 0. The fourth-order valence-electron chi connectivity index (χ4n) is 2.30. The number of amides is 2. The van der Waals surface area contributed by atoms with Crippen LogP contribution in [0.15, 0.2) is 18.3 Å². The number of H-pyrrole nitrogens is 1. The van der Waals surface area contributed by atoms with Crippen molar-refractivity contribution < 1.29 is 9.53 Å². The largest absolute Gasteiger partial charge is 0.375 e. The van der Waals surface area contributed by atoms with Crippen LogP contribution in [0.5, 0.6) is 0 Å². The third-order valence-corrected chi connectivity index (χ3v) is 3.22. The van der Waals surface area contributed by atoms with E-state index in [0.717, 1.165) is 30.5 Å². The minimum absolute atomic E-state index is 0.0255. The van der Waals surface area contributed by atoms with E-state index >= 15 is 0 Å². The average Bonchev–Trinajstić information content (AvgIpc) is 2.87. The molecule has 0 spiro atoms. The van der Waals surface area contributed by atoms with Gasteiger partial charge in [0, 0.05) is 6.54 Å². The highest BCUT2D eigenvalue weighted by Crippen LogP contribution is 2.27. The van der Waals surface area contributed by atoms with Crippen LogP contribution in [0, 0.1) is 0 Å². The number of nitrogens with zero attached hydrogens (tertiary/aromatic N) is 1. The van der Waals surface area contributed by atoms with Gasteiger partial charge in [-0.2, -0.15) is 5.10 Å². The second-order valence-electron chi connectivity index (χ2n) is 5.16. The Balaban J connectivity index is 1.69. The van der Waals surface area contributed by atoms with E-state index < -0.39 is 0 Å². The van der Waals surface area contributed by atoms with Gasteiger partial charge < -0.3 is 15.4 Å². The summed E-state index contributed by atoms with van der Waals surface area (Å²) in [6.45, 7) is 7.16. The van der Waals surface area contributed by atoms with Crippen LogP contribution in [-0.4, -0.2) is 36.0 Å². The Labute approximate surface area is 119 Å². The van der Waals surface area contributed by atoms with Crippen LogP contribution in [0.25, 0.3) is 0 Å². The molecule has 0 saturated heterocycles. The molecule has 0 radical (unpaired) electrons. The topological polar surface area (TPSA) is 79.0 Å². The smallest absolute Gasteiger partial charge is 0.315 e. The number of urea groups is 1. The molecule has 0 aromatic carbocycles. The van der Waals surface area contributed by atoms with Crippen LogP contribution < -0.4 is 10.6 Å². The van der Waals surface area contributed by atoms with Crippen LogP contribution in [0.2, 0.25) is 0 Å². The Morgan fingerprint density at radius 3 is 3.30 bits per heavy atom. The highest BCUT2D eigenvalue weighted by molar-refractivity contribution is 5.74. The number of aryl methyl sites for hydroxylation is 1. The molecule has 6 nitrogen and oxygen atoms in total. The molecule has 2 amide bonds. The molecule has 1 aromatic heterocycles. The third-order valence-electron chi connectivity index (χ3n) is 3.22. The van der Waals surface area contributed by atoms with Gasteiger partial charge >= 0.3 is 6.03 Å². The van der Waals surface area contributed by atoms with Gasteiger partial charge in [0.2, 0.25) is 0 Å². The summed E-state index contributed by atoms with van der Waals surface area (Å²) in [4.78, 5) is 11.8. The second-order valence-corrected chi connectivity index (χ2v) is 5.16. The van der Waals surface area contributed by atoms with Gasteiger partial charge in [-0.1, -0.05) is 12.2 Å². The fourth-order valence-corrected chi connectivity index (χ4v) is 2.30. The van der Waals surface area contributed by atoms with E-state index in [1.165, 1.54) is 5.56 Å². The maximum absolute atomic E-state index is 11.8. The molecule has 1 atom stereocenters. The molecule has 1 aliphatic carbocycles. The highest BCUT2D eigenvalue weighted by Gasteiger charge is 2.23. The summed E-state index contributed by atoms with van der Waals surface area (Å²) in [5, 5.41) is 12.8. The Morgan fingerprint density at radius 2 is 2.50 bits per heavy atom. The lowest BCUT2D eigenvalue weighted by molar-refractivity contribution is 0.157. The maximum atomic E-state index is 11.8. The molecular weight excluding hydrogens is 256 g/mol. The SMILES string of the molecule is C=C(C)COCCNC(=O)NC1CCCc2cn[nH]c21. The first-order valence-corrected chi connectivity index (χ1v) is 6.95. The van der Waals surface area contributed by atoms with Gasteiger partial charge in [0.25, 0.3) is 0 Å². The van der Waals surface area contributed by atoms with Gasteiger partial charge in [0.1, 0.15) is 0 Å². The van der Waals surface area contributed by atoms with Crippen molar-refractivity contribution in [2.45, 2.75) is 32.2 Å². The van der Waals surface area contributed by atoms with Gasteiger partial charge in [0.05, 0.1) is 31.1 Å². The van der Waals surface area contributed by atoms with E-state index in [2.05, 4.69) is 27.4 Å². The van der Waals surface area contributed by atoms with Crippen molar-refractivity contribution in [2.24, 2.45) is 0 Å². The number of hydrogen-bond donors (Lipinski definition) is 3. The number of fused-ring (bicyclic) bond motifs is 1. The first kappa shape index (κ1) is 14.6. The van der Waals surface area contributed by atoms with Gasteiger partial charge in [-0.3, -0.25) is 5.10 Å². The minimum Gasteiger partial charge on any atom is -0.375 e. The number of rotatable bonds is 6. The van der Waals surface area contributed by atoms with Gasteiger partial charge in [-0.25, -0.2) is 4.79 Å². The maximum Gasteiger partial charge on any atom is 0.315 e. The molecule has 0 bridgehead atoms. The average molecular weight is 278 g/mol. The Kier molecular flexibility index (Phi) is 5.17. The molecule has 0 saturated carbocycles. The first-order valence-electron chi connectivity index (χ1n) is 6.95. The van der Waals surface area contributed by atoms with E-state index in [1.807, 2.05) is 13.1 Å². The zero-order valence-electron chi connectivity index (χ0n) is 11.9. The molecule has 3 N–H and O–H groups in total. The number of carbonyl (C=O) groups is 1.